The zero-order chi connectivity index (χ0) is 11.9. The van der Waals surface area contributed by atoms with Crippen LogP contribution in [0.5, 0.6) is 5.75 Å². The van der Waals surface area contributed by atoms with Crippen LogP contribution >= 0.6 is 0 Å². The molecule has 0 amide bonds. The highest BCUT2D eigenvalue weighted by Crippen LogP contribution is 2.45. The highest BCUT2D eigenvalue weighted by Gasteiger charge is 2.49. The van der Waals surface area contributed by atoms with E-state index in [1.807, 2.05) is 24.3 Å². The Balaban J connectivity index is 1.92. The average molecular weight is 229 g/mol. The van der Waals surface area contributed by atoms with Gasteiger partial charge in [-0.2, -0.15) is 5.26 Å². The van der Waals surface area contributed by atoms with E-state index in [0.29, 0.717) is 18.9 Å². The van der Waals surface area contributed by atoms with Gasteiger partial charge < -0.3 is 9.84 Å². The molecule has 2 unspecified atom stereocenters. The molecule has 3 rings (SSSR count). The van der Waals surface area contributed by atoms with Crippen LogP contribution in [0.25, 0.3) is 0 Å². The number of ether oxygens (including phenoxy) is 1. The van der Waals surface area contributed by atoms with Gasteiger partial charge in [0.2, 0.25) is 0 Å². The minimum Gasteiger partial charge on any atom is -0.492 e. The molecule has 0 radical (unpaired) electrons. The maximum Gasteiger partial charge on any atom is 0.122 e. The minimum atomic E-state index is -0.754. The van der Waals surface area contributed by atoms with Crippen LogP contribution < -0.4 is 4.74 Å². The quantitative estimate of drug-likeness (QED) is 0.842. The first-order chi connectivity index (χ1) is 8.25. The molecule has 1 aromatic rings. The van der Waals surface area contributed by atoms with E-state index in [-0.39, 0.29) is 0 Å². The van der Waals surface area contributed by atoms with E-state index in [1.54, 1.807) is 0 Å². The fourth-order valence-electron chi connectivity index (χ4n) is 2.58. The monoisotopic (exact) mass is 229 g/mol. The Hall–Kier alpha value is -1.53. The molecule has 1 aliphatic heterocycles. The second-order valence-corrected chi connectivity index (χ2v) is 5.12. The number of hydrogen-bond acceptors (Lipinski definition) is 3. The average Bonchev–Trinajstić information content (AvgIpc) is 3.21. The fraction of sp³-hybridized carbons (Fsp3) is 0.500. The molecule has 0 spiro atoms. The van der Waals surface area contributed by atoms with Crippen LogP contribution in [-0.4, -0.2) is 17.8 Å². The van der Waals surface area contributed by atoms with Gasteiger partial charge in [-0.25, -0.2) is 0 Å². The molecule has 2 atom stereocenters. The van der Waals surface area contributed by atoms with Crippen LogP contribution in [-0.2, 0) is 6.42 Å². The smallest absolute Gasteiger partial charge is 0.122 e. The normalized spacial score (nSPS) is 28.7. The van der Waals surface area contributed by atoms with Crippen LogP contribution in [0.2, 0.25) is 0 Å². The molecule has 0 saturated heterocycles. The van der Waals surface area contributed by atoms with Crippen LogP contribution in [0, 0.1) is 22.7 Å². The van der Waals surface area contributed by atoms with Gasteiger partial charge >= 0.3 is 0 Å². The van der Waals surface area contributed by atoms with Crippen molar-refractivity contribution in [1.82, 2.24) is 0 Å². The number of aliphatic hydroxyl groups excluding tert-OH is 1. The van der Waals surface area contributed by atoms with Crippen molar-refractivity contribution in [3.8, 4) is 11.8 Å². The molecule has 1 aromatic carbocycles. The Morgan fingerprint density at radius 1 is 1.41 bits per heavy atom. The van der Waals surface area contributed by atoms with E-state index in [1.165, 1.54) is 0 Å². The zero-order valence-electron chi connectivity index (χ0n) is 9.60. The van der Waals surface area contributed by atoms with Gasteiger partial charge in [-0.15, -0.1) is 0 Å². The Kier molecular flexibility index (Phi) is 2.34. The van der Waals surface area contributed by atoms with Crippen molar-refractivity contribution in [3.05, 3.63) is 29.8 Å². The van der Waals surface area contributed by atoms with E-state index in [9.17, 15) is 10.4 Å². The van der Waals surface area contributed by atoms with E-state index in [2.05, 4.69) is 6.07 Å². The largest absolute Gasteiger partial charge is 0.492 e. The van der Waals surface area contributed by atoms with Gasteiger partial charge in [0, 0.05) is 6.42 Å². The van der Waals surface area contributed by atoms with Crippen LogP contribution in [0.4, 0.5) is 0 Å². The second-order valence-electron chi connectivity index (χ2n) is 5.12. The van der Waals surface area contributed by atoms with E-state index < -0.39 is 11.5 Å². The second kappa shape index (κ2) is 3.75. The summed E-state index contributed by atoms with van der Waals surface area (Å²) in [5, 5.41) is 19.7. The third-order valence-corrected chi connectivity index (χ3v) is 3.82. The molecule has 2 aliphatic rings. The molecule has 1 saturated carbocycles. The number of fused-ring (bicyclic) bond motifs is 1. The third-order valence-electron chi connectivity index (χ3n) is 3.82. The maximum absolute atomic E-state index is 10.3. The molecule has 0 bridgehead atoms. The molecule has 1 heterocycles. The first kappa shape index (κ1) is 10.6. The van der Waals surface area contributed by atoms with E-state index in [0.717, 1.165) is 24.2 Å². The first-order valence-electron chi connectivity index (χ1n) is 6.05. The van der Waals surface area contributed by atoms with Gasteiger partial charge in [0.1, 0.15) is 17.8 Å². The Bertz CT molecular complexity index is 475. The predicted molar refractivity (Wildman–Crippen MR) is 62.4 cm³/mol. The summed E-state index contributed by atoms with van der Waals surface area (Å²) in [6.45, 7) is 0.304. The highest BCUT2D eigenvalue weighted by atomic mass is 16.5. The molecule has 17 heavy (non-hydrogen) atoms. The summed E-state index contributed by atoms with van der Waals surface area (Å²) in [6, 6.07) is 10.1. The van der Waals surface area contributed by atoms with Gasteiger partial charge in [0.25, 0.3) is 0 Å². The number of rotatable bonds is 2. The number of para-hydroxylation sites is 1. The number of aliphatic hydroxyl groups is 1. The predicted octanol–water partition coefficient (Wildman–Crippen LogP) is 1.90. The topological polar surface area (TPSA) is 53.2 Å². The van der Waals surface area contributed by atoms with Crippen molar-refractivity contribution in [2.75, 3.05) is 6.61 Å². The lowest BCUT2D eigenvalue weighted by atomic mass is 9.75. The third kappa shape index (κ3) is 1.69. The minimum absolute atomic E-state index is 0.295. The number of nitrogens with zero attached hydrogens (tertiary/aromatic N) is 1. The molecule has 1 fully saturated rings. The van der Waals surface area contributed by atoms with Gasteiger partial charge in [-0.1, -0.05) is 18.2 Å². The van der Waals surface area contributed by atoms with Crippen molar-refractivity contribution in [1.29, 1.82) is 5.26 Å². The van der Waals surface area contributed by atoms with Crippen LogP contribution in [0.3, 0.4) is 0 Å². The summed E-state index contributed by atoms with van der Waals surface area (Å²) in [4.78, 5) is 0. The number of hydrogen-bond donors (Lipinski definition) is 1. The summed E-state index contributed by atoms with van der Waals surface area (Å²) >= 11 is 0. The Labute approximate surface area is 101 Å². The molecule has 0 aromatic heterocycles. The lowest BCUT2D eigenvalue weighted by Crippen LogP contribution is -2.44. The summed E-state index contributed by atoms with van der Waals surface area (Å²) in [7, 11) is 0. The van der Waals surface area contributed by atoms with Crippen LogP contribution in [0.1, 0.15) is 18.4 Å². The molecular weight excluding hydrogens is 214 g/mol. The fourth-order valence-corrected chi connectivity index (χ4v) is 2.58. The Morgan fingerprint density at radius 2 is 2.18 bits per heavy atom. The maximum atomic E-state index is 10.3. The van der Waals surface area contributed by atoms with E-state index >= 15 is 0 Å². The summed E-state index contributed by atoms with van der Waals surface area (Å²) in [5.74, 6) is 1.14. The molecule has 88 valence electrons. The number of benzene rings is 1. The Morgan fingerprint density at radius 3 is 2.88 bits per heavy atom. The van der Waals surface area contributed by atoms with Crippen molar-refractivity contribution in [3.63, 3.8) is 0 Å². The van der Waals surface area contributed by atoms with Gasteiger partial charge in [0.05, 0.1) is 12.2 Å². The number of nitriles is 1. The summed E-state index contributed by atoms with van der Waals surface area (Å²) in [6.07, 6.45) is 2.11. The van der Waals surface area contributed by atoms with Gasteiger partial charge in [-0.3, -0.25) is 0 Å². The van der Waals surface area contributed by atoms with Crippen molar-refractivity contribution < 1.29 is 9.84 Å². The standard InChI is InChI=1S/C14H15NO2/c15-8-14(13(16)10-5-6-10)7-11-3-1-2-4-12(11)17-9-14/h1-4,10,13,16H,5-7,9H2. The lowest BCUT2D eigenvalue weighted by Gasteiger charge is -2.36. The molecule has 1 aliphatic carbocycles. The highest BCUT2D eigenvalue weighted by molar-refractivity contribution is 5.38. The molecule has 1 N–H and O–H groups in total. The van der Waals surface area contributed by atoms with Gasteiger partial charge in [0.15, 0.2) is 0 Å². The van der Waals surface area contributed by atoms with Crippen molar-refractivity contribution in [2.24, 2.45) is 11.3 Å². The van der Waals surface area contributed by atoms with E-state index in [4.69, 9.17) is 4.74 Å². The van der Waals surface area contributed by atoms with Crippen molar-refractivity contribution in [2.45, 2.75) is 25.4 Å². The molecule has 3 heteroatoms. The van der Waals surface area contributed by atoms with Gasteiger partial charge in [-0.05, 0) is 30.4 Å². The summed E-state index contributed by atoms with van der Waals surface area (Å²) in [5.41, 5.74) is 0.273. The van der Waals surface area contributed by atoms with Crippen molar-refractivity contribution >= 4 is 0 Å². The zero-order valence-corrected chi connectivity index (χ0v) is 9.60. The lowest BCUT2D eigenvalue weighted by molar-refractivity contribution is 0.00441. The SMILES string of the molecule is N#CC1(C(O)C2CC2)COc2ccccc2C1. The van der Waals surface area contributed by atoms with Crippen LogP contribution in [0.15, 0.2) is 24.3 Å². The summed E-state index contributed by atoms with van der Waals surface area (Å²) < 4.78 is 5.65. The molecular formula is C14H15NO2. The first-order valence-corrected chi connectivity index (χ1v) is 6.05. The molecule has 3 nitrogen and oxygen atoms in total.